The van der Waals surface area contributed by atoms with Crippen LogP contribution in [-0.4, -0.2) is 21.6 Å². The molecule has 0 aliphatic heterocycles. The summed E-state index contributed by atoms with van der Waals surface area (Å²) in [5.74, 6) is 2.22. The van der Waals surface area contributed by atoms with Crippen LogP contribution in [-0.2, 0) is 4.79 Å². The predicted octanol–water partition coefficient (Wildman–Crippen LogP) is 4.94. The lowest BCUT2D eigenvalue weighted by Gasteiger charge is -2.35. The summed E-state index contributed by atoms with van der Waals surface area (Å²) >= 11 is 1.62. The monoisotopic (exact) mass is 324 g/mol. The highest BCUT2D eigenvalue weighted by molar-refractivity contribution is 8.14. The quantitative estimate of drug-likeness (QED) is 0.799. The van der Waals surface area contributed by atoms with Gasteiger partial charge in [-0.1, -0.05) is 43.9 Å². The molecule has 0 unspecified atom stereocenters. The van der Waals surface area contributed by atoms with Crippen LogP contribution >= 0.6 is 11.8 Å². The molecule has 0 aromatic heterocycles. The molecule has 3 aliphatic carbocycles. The van der Waals surface area contributed by atoms with E-state index in [2.05, 4.69) is 0 Å². The molecule has 3 fully saturated rings. The van der Waals surface area contributed by atoms with Crippen LogP contribution < -0.4 is 0 Å². The standard InChI is InChI=1S/C19H32O2S/c20-17-10-12-18(13-11-17)22-19(21)16-8-6-15(7-9-16)14-4-2-1-3-5-14/h14-18,20H,1-13H2. The molecule has 0 aromatic carbocycles. The van der Waals surface area contributed by atoms with Gasteiger partial charge < -0.3 is 5.11 Å². The van der Waals surface area contributed by atoms with Crippen LogP contribution in [0, 0.1) is 17.8 Å². The van der Waals surface area contributed by atoms with E-state index in [1.54, 1.807) is 11.8 Å². The average molecular weight is 325 g/mol. The third-order valence-electron chi connectivity index (χ3n) is 6.35. The van der Waals surface area contributed by atoms with Crippen molar-refractivity contribution in [3.63, 3.8) is 0 Å². The Hall–Kier alpha value is -0.0200. The van der Waals surface area contributed by atoms with Gasteiger partial charge in [-0.3, -0.25) is 4.79 Å². The summed E-state index contributed by atoms with van der Waals surface area (Å²) in [5.41, 5.74) is 0. The number of carbonyl (C=O) groups excluding carboxylic acids is 1. The largest absolute Gasteiger partial charge is 0.393 e. The second kappa shape index (κ2) is 8.19. The van der Waals surface area contributed by atoms with Crippen molar-refractivity contribution < 1.29 is 9.90 Å². The zero-order chi connectivity index (χ0) is 15.4. The van der Waals surface area contributed by atoms with E-state index in [9.17, 15) is 9.90 Å². The van der Waals surface area contributed by atoms with E-state index in [1.807, 2.05) is 0 Å². The highest BCUT2D eigenvalue weighted by Crippen LogP contribution is 2.42. The number of aliphatic hydroxyl groups is 1. The van der Waals surface area contributed by atoms with Crippen LogP contribution in [0.25, 0.3) is 0 Å². The maximum atomic E-state index is 12.5. The number of hydrogen-bond donors (Lipinski definition) is 1. The Bertz CT molecular complexity index is 348. The molecule has 0 spiro atoms. The van der Waals surface area contributed by atoms with E-state index in [1.165, 1.54) is 44.9 Å². The Balaban J connectivity index is 1.39. The number of hydrogen-bond acceptors (Lipinski definition) is 3. The minimum Gasteiger partial charge on any atom is -0.393 e. The summed E-state index contributed by atoms with van der Waals surface area (Å²) in [4.78, 5) is 12.5. The first-order chi connectivity index (χ1) is 10.7. The summed E-state index contributed by atoms with van der Waals surface area (Å²) in [6, 6.07) is 0. The molecule has 22 heavy (non-hydrogen) atoms. The number of rotatable bonds is 3. The highest BCUT2D eigenvalue weighted by atomic mass is 32.2. The van der Waals surface area contributed by atoms with Gasteiger partial charge in [0, 0.05) is 11.2 Å². The molecule has 126 valence electrons. The molecule has 0 heterocycles. The molecule has 3 saturated carbocycles. The fourth-order valence-electron chi connectivity index (χ4n) is 4.86. The van der Waals surface area contributed by atoms with Crippen LogP contribution in [0.3, 0.4) is 0 Å². The number of aliphatic hydroxyl groups excluding tert-OH is 1. The van der Waals surface area contributed by atoms with Gasteiger partial charge in [-0.15, -0.1) is 0 Å². The molecule has 3 aliphatic rings. The van der Waals surface area contributed by atoms with Gasteiger partial charge in [0.1, 0.15) is 0 Å². The lowest BCUT2D eigenvalue weighted by atomic mass is 9.71. The van der Waals surface area contributed by atoms with Crippen molar-refractivity contribution in [2.45, 2.75) is 94.8 Å². The van der Waals surface area contributed by atoms with E-state index in [-0.39, 0.29) is 6.10 Å². The van der Waals surface area contributed by atoms with E-state index in [4.69, 9.17) is 0 Å². The van der Waals surface area contributed by atoms with E-state index in [0.717, 1.165) is 50.4 Å². The van der Waals surface area contributed by atoms with Crippen LogP contribution in [0.1, 0.15) is 83.5 Å². The van der Waals surface area contributed by atoms with Crippen molar-refractivity contribution in [2.75, 3.05) is 0 Å². The Morgan fingerprint density at radius 1 is 0.727 bits per heavy atom. The van der Waals surface area contributed by atoms with E-state index in [0.29, 0.717) is 16.3 Å². The number of thioether (sulfide) groups is 1. The van der Waals surface area contributed by atoms with Gasteiger partial charge in [-0.05, 0) is 63.2 Å². The maximum Gasteiger partial charge on any atom is 0.192 e. The first-order valence-electron chi connectivity index (χ1n) is 9.61. The Morgan fingerprint density at radius 3 is 1.95 bits per heavy atom. The van der Waals surface area contributed by atoms with Crippen LogP contribution in [0.4, 0.5) is 0 Å². The van der Waals surface area contributed by atoms with Gasteiger partial charge in [0.05, 0.1) is 6.10 Å². The molecular formula is C19H32O2S. The van der Waals surface area contributed by atoms with Gasteiger partial charge >= 0.3 is 0 Å². The molecule has 0 aromatic rings. The second-order valence-corrected chi connectivity index (χ2v) is 9.18. The molecule has 0 bridgehead atoms. The molecule has 0 atom stereocenters. The lowest BCUT2D eigenvalue weighted by Crippen LogP contribution is -2.27. The highest BCUT2D eigenvalue weighted by Gasteiger charge is 2.32. The molecular weight excluding hydrogens is 292 g/mol. The lowest BCUT2D eigenvalue weighted by molar-refractivity contribution is -0.115. The Labute approximate surface area is 139 Å². The summed E-state index contributed by atoms with van der Waals surface area (Å²) in [6.07, 6.45) is 15.8. The van der Waals surface area contributed by atoms with Gasteiger partial charge in [0.2, 0.25) is 0 Å². The van der Waals surface area contributed by atoms with E-state index >= 15 is 0 Å². The third kappa shape index (κ3) is 4.50. The molecule has 3 rings (SSSR count). The fraction of sp³-hybridized carbons (Fsp3) is 0.947. The maximum absolute atomic E-state index is 12.5. The topological polar surface area (TPSA) is 37.3 Å². The predicted molar refractivity (Wildman–Crippen MR) is 92.9 cm³/mol. The molecule has 3 heteroatoms. The van der Waals surface area contributed by atoms with Crippen molar-refractivity contribution in [1.82, 2.24) is 0 Å². The Morgan fingerprint density at radius 2 is 1.32 bits per heavy atom. The van der Waals surface area contributed by atoms with Gasteiger partial charge in [-0.2, -0.15) is 0 Å². The molecule has 1 N–H and O–H groups in total. The second-order valence-electron chi connectivity index (χ2n) is 7.88. The van der Waals surface area contributed by atoms with Crippen LogP contribution in [0.15, 0.2) is 0 Å². The fourth-order valence-corrected chi connectivity index (χ4v) is 6.12. The number of carbonyl (C=O) groups is 1. The van der Waals surface area contributed by atoms with Crippen molar-refractivity contribution >= 4 is 16.9 Å². The molecule has 2 nitrogen and oxygen atoms in total. The zero-order valence-electron chi connectivity index (χ0n) is 13.8. The first-order valence-corrected chi connectivity index (χ1v) is 10.5. The van der Waals surface area contributed by atoms with Gasteiger partial charge in [-0.25, -0.2) is 0 Å². The minimum absolute atomic E-state index is 0.113. The molecule has 0 radical (unpaired) electrons. The normalized spacial score (nSPS) is 37.9. The summed E-state index contributed by atoms with van der Waals surface area (Å²) in [6.45, 7) is 0. The zero-order valence-corrected chi connectivity index (χ0v) is 14.7. The van der Waals surface area contributed by atoms with Crippen LogP contribution in [0.2, 0.25) is 0 Å². The van der Waals surface area contributed by atoms with Crippen molar-refractivity contribution in [3.8, 4) is 0 Å². The van der Waals surface area contributed by atoms with Crippen molar-refractivity contribution in [3.05, 3.63) is 0 Å². The minimum atomic E-state index is -0.113. The Kier molecular flexibility index (Phi) is 6.26. The first kappa shape index (κ1) is 16.8. The average Bonchev–Trinajstić information content (AvgIpc) is 2.58. The van der Waals surface area contributed by atoms with Crippen LogP contribution in [0.5, 0.6) is 0 Å². The van der Waals surface area contributed by atoms with E-state index < -0.39 is 0 Å². The summed E-state index contributed by atoms with van der Waals surface area (Å²) in [7, 11) is 0. The van der Waals surface area contributed by atoms with Gasteiger partial charge in [0.15, 0.2) is 5.12 Å². The SMILES string of the molecule is O=C(SC1CCC(O)CC1)C1CCC(C2CCCCC2)CC1. The molecule has 0 saturated heterocycles. The third-order valence-corrected chi connectivity index (χ3v) is 7.72. The summed E-state index contributed by atoms with van der Waals surface area (Å²) < 4.78 is 0. The van der Waals surface area contributed by atoms with Crippen molar-refractivity contribution in [2.24, 2.45) is 17.8 Å². The van der Waals surface area contributed by atoms with Gasteiger partial charge in [0.25, 0.3) is 0 Å². The molecule has 0 amide bonds. The smallest absolute Gasteiger partial charge is 0.192 e. The summed E-state index contributed by atoms with van der Waals surface area (Å²) in [5, 5.41) is 10.5. The van der Waals surface area contributed by atoms with Crippen molar-refractivity contribution in [1.29, 1.82) is 0 Å².